The Morgan fingerprint density at radius 1 is 1.44 bits per heavy atom. The van der Waals surface area contributed by atoms with E-state index in [4.69, 9.17) is 5.73 Å². The van der Waals surface area contributed by atoms with Gasteiger partial charge in [-0.05, 0) is 26.3 Å². The molecular formula is C14H28N4. The Bertz CT molecular complexity index is 389. The van der Waals surface area contributed by atoms with E-state index in [0.717, 1.165) is 5.69 Å². The molecule has 0 radical (unpaired) electrons. The fourth-order valence-electron chi connectivity index (χ4n) is 2.34. The average molecular weight is 252 g/mol. The Balaban J connectivity index is 3.00. The maximum absolute atomic E-state index is 5.99. The summed E-state index contributed by atoms with van der Waals surface area (Å²) in [6.07, 6.45) is 2.08. The second-order valence-corrected chi connectivity index (χ2v) is 6.30. The molecule has 0 aliphatic heterocycles. The summed E-state index contributed by atoms with van der Waals surface area (Å²) in [7, 11) is 4.11. The van der Waals surface area contributed by atoms with Gasteiger partial charge in [-0.25, -0.2) is 0 Å². The molecule has 1 aromatic heterocycles. The van der Waals surface area contributed by atoms with Crippen molar-refractivity contribution in [2.45, 2.75) is 46.7 Å². The van der Waals surface area contributed by atoms with Crippen molar-refractivity contribution in [3.05, 3.63) is 17.5 Å². The van der Waals surface area contributed by atoms with E-state index in [1.54, 1.807) is 0 Å². The van der Waals surface area contributed by atoms with E-state index in [9.17, 15) is 0 Å². The minimum atomic E-state index is 0.230. The minimum absolute atomic E-state index is 0.230. The quantitative estimate of drug-likeness (QED) is 0.892. The van der Waals surface area contributed by atoms with Crippen molar-refractivity contribution in [1.82, 2.24) is 14.7 Å². The first-order valence-electron chi connectivity index (χ1n) is 6.60. The van der Waals surface area contributed by atoms with Crippen LogP contribution in [0.2, 0.25) is 0 Å². The molecule has 0 aliphatic rings. The number of likely N-dealkylation sites (N-methyl/N-ethyl adjacent to an activating group) is 1. The third-order valence-corrected chi connectivity index (χ3v) is 3.99. The topological polar surface area (TPSA) is 47.1 Å². The molecule has 0 bridgehead atoms. The molecule has 4 heteroatoms. The molecule has 0 aromatic carbocycles. The summed E-state index contributed by atoms with van der Waals surface area (Å²) in [6.45, 7) is 11.7. The number of nitrogens with zero attached hydrogens (tertiary/aromatic N) is 3. The lowest BCUT2D eigenvalue weighted by Crippen LogP contribution is -2.43. The number of hydrogen-bond donors (Lipinski definition) is 1. The first-order chi connectivity index (χ1) is 8.18. The predicted octanol–water partition coefficient (Wildman–Crippen LogP) is 2.09. The molecule has 0 saturated carbocycles. The molecule has 18 heavy (non-hydrogen) atoms. The summed E-state index contributed by atoms with van der Waals surface area (Å²) in [6, 6.07) is 0.679. The van der Waals surface area contributed by atoms with E-state index >= 15 is 0 Å². The maximum atomic E-state index is 5.99. The Labute approximate surface area is 111 Å². The van der Waals surface area contributed by atoms with E-state index in [1.807, 2.05) is 18.7 Å². The molecule has 0 fully saturated rings. The largest absolute Gasteiger partial charge is 0.329 e. The molecule has 2 unspecified atom stereocenters. The van der Waals surface area contributed by atoms with Gasteiger partial charge in [-0.2, -0.15) is 5.10 Å². The normalized spacial score (nSPS) is 16.1. The fraction of sp³-hybridized carbons (Fsp3) is 0.786. The molecule has 104 valence electrons. The Kier molecular flexibility index (Phi) is 4.56. The van der Waals surface area contributed by atoms with Crippen LogP contribution in [0.1, 0.15) is 45.0 Å². The second kappa shape index (κ2) is 5.41. The van der Waals surface area contributed by atoms with Crippen LogP contribution in [-0.2, 0) is 7.05 Å². The second-order valence-electron chi connectivity index (χ2n) is 6.30. The van der Waals surface area contributed by atoms with E-state index in [2.05, 4.69) is 50.9 Å². The molecule has 1 heterocycles. The number of hydrogen-bond acceptors (Lipinski definition) is 3. The van der Waals surface area contributed by atoms with Gasteiger partial charge in [0.1, 0.15) is 0 Å². The molecule has 1 rings (SSSR count). The summed E-state index contributed by atoms with van der Waals surface area (Å²) in [5.41, 5.74) is 8.53. The molecule has 0 amide bonds. The Morgan fingerprint density at radius 2 is 2.00 bits per heavy atom. The maximum Gasteiger partial charge on any atom is 0.0641 e. The van der Waals surface area contributed by atoms with Crippen molar-refractivity contribution in [3.8, 4) is 0 Å². The third-order valence-electron chi connectivity index (χ3n) is 3.99. The number of aromatic nitrogens is 2. The lowest BCUT2D eigenvalue weighted by atomic mass is 9.86. The van der Waals surface area contributed by atoms with Crippen molar-refractivity contribution < 1.29 is 0 Å². The average Bonchev–Trinajstić information content (AvgIpc) is 2.56. The van der Waals surface area contributed by atoms with Crippen molar-refractivity contribution in [2.75, 3.05) is 13.6 Å². The van der Waals surface area contributed by atoms with Gasteiger partial charge in [0, 0.05) is 31.4 Å². The van der Waals surface area contributed by atoms with Gasteiger partial charge in [-0.1, -0.05) is 20.8 Å². The van der Waals surface area contributed by atoms with E-state index in [-0.39, 0.29) is 11.5 Å². The predicted molar refractivity (Wildman–Crippen MR) is 76.4 cm³/mol. The number of nitrogens with two attached hydrogens (primary N) is 1. The standard InChI is InChI=1S/C14H28N4/c1-10-12(9-17(6)16-10)13(8-15)18(7)11(2)14(3,4)5/h9,11,13H,8,15H2,1-7H3. The summed E-state index contributed by atoms with van der Waals surface area (Å²) >= 11 is 0. The van der Waals surface area contributed by atoms with Crippen LogP contribution in [0.15, 0.2) is 6.20 Å². The van der Waals surface area contributed by atoms with Crippen LogP contribution in [0.5, 0.6) is 0 Å². The molecule has 4 nitrogen and oxygen atoms in total. The monoisotopic (exact) mass is 252 g/mol. The molecule has 2 N–H and O–H groups in total. The SMILES string of the molecule is Cc1nn(C)cc1C(CN)N(C)C(C)C(C)(C)C. The summed E-state index contributed by atoms with van der Waals surface area (Å²) < 4.78 is 1.86. The highest BCUT2D eigenvalue weighted by atomic mass is 15.3. The van der Waals surface area contributed by atoms with E-state index in [0.29, 0.717) is 12.6 Å². The van der Waals surface area contributed by atoms with Crippen molar-refractivity contribution >= 4 is 0 Å². The van der Waals surface area contributed by atoms with Gasteiger partial charge >= 0.3 is 0 Å². The first-order valence-corrected chi connectivity index (χ1v) is 6.60. The van der Waals surface area contributed by atoms with Crippen LogP contribution in [0.3, 0.4) is 0 Å². The molecule has 2 atom stereocenters. The van der Waals surface area contributed by atoms with E-state index in [1.165, 1.54) is 5.56 Å². The molecule has 0 saturated heterocycles. The van der Waals surface area contributed by atoms with Gasteiger partial charge in [0.15, 0.2) is 0 Å². The van der Waals surface area contributed by atoms with Crippen LogP contribution in [-0.4, -0.2) is 34.3 Å². The highest BCUT2D eigenvalue weighted by Gasteiger charge is 2.30. The first kappa shape index (κ1) is 15.2. The summed E-state index contributed by atoms with van der Waals surface area (Å²) in [5, 5.41) is 4.42. The van der Waals surface area contributed by atoms with Gasteiger partial charge in [-0.15, -0.1) is 0 Å². The zero-order valence-corrected chi connectivity index (χ0v) is 12.9. The Hall–Kier alpha value is -0.870. The molecular weight excluding hydrogens is 224 g/mol. The van der Waals surface area contributed by atoms with Gasteiger partial charge < -0.3 is 5.73 Å². The van der Waals surface area contributed by atoms with Crippen LogP contribution in [0.25, 0.3) is 0 Å². The fourth-order valence-corrected chi connectivity index (χ4v) is 2.34. The molecule has 1 aromatic rings. The highest BCUT2D eigenvalue weighted by Crippen LogP contribution is 2.30. The van der Waals surface area contributed by atoms with Crippen molar-refractivity contribution in [1.29, 1.82) is 0 Å². The zero-order valence-electron chi connectivity index (χ0n) is 12.9. The van der Waals surface area contributed by atoms with Crippen LogP contribution in [0, 0.1) is 12.3 Å². The highest BCUT2D eigenvalue weighted by molar-refractivity contribution is 5.21. The summed E-state index contributed by atoms with van der Waals surface area (Å²) in [5.74, 6) is 0. The van der Waals surface area contributed by atoms with Gasteiger partial charge in [0.05, 0.1) is 11.7 Å². The van der Waals surface area contributed by atoms with Crippen LogP contribution < -0.4 is 5.73 Å². The lowest BCUT2D eigenvalue weighted by molar-refractivity contribution is 0.0998. The Morgan fingerprint density at radius 3 is 2.33 bits per heavy atom. The van der Waals surface area contributed by atoms with Crippen LogP contribution >= 0.6 is 0 Å². The lowest BCUT2D eigenvalue weighted by Gasteiger charge is -2.39. The third kappa shape index (κ3) is 3.12. The number of rotatable bonds is 4. The number of aryl methyl sites for hydroxylation is 2. The zero-order chi connectivity index (χ0) is 14.1. The van der Waals surface area contributed by atoms with Crippen LogP contribution in [0.4, 0.5) is 0 Å². The van der Waals surface area contributed by atoms with E-state index < -0.39 is 0 Å². The van der Waals surface area contributed by atoms with Crippen molar-refractivity contribution in [3.63, 3.8) is 0 Å². The molecule has 0 aliphatic carbocycles. The van der Waals surface area contributed by atoms with Gasteiger partial charge in [0.25, 0.3) is 0 Å². The smallest absolute Gasteiger partial charge is 0.0641 e. The van der Waals surface area contributed by atoms with Gasteiger partial charge in [0.2, 0.25) is 0 Å². The minimum Gasteiger partial charge on any atom is -0.329 e. The summed E-state index contributed by atoms with van der Waals surface area (Å²) in [4.78, 5) is 2.37. The van der Waals surface area contributed by atoms with Gasteiger partial charge in [-0.3, -0.25) is 9.58 Å². The molecule has 0 spiro atoms. The van der Waals surface area contributed by atoms with Crippen molar-refractivity contribution in [2.24, 2.45) is 18.2 Å².